The minimum atomic E-state index is -1.26. The van der Waals surface area contributed by atoms with Crippen LogP contribution in [0.2, 0.25) is 0 Å². The summed E-state index contributed by atoms with van der Waals surface area (Å²) in [6.45, 7) is 10.4. The highest BCUT2D eigenvalue weighted by molar-refractivity contribution is 5.74. The van der Waals surface area contributed by atoms with E-state index in [9.17, 15) is 4.79 Å². The van der Waals surface area contributed by atoms with Crippen LogP contribution in [-0.4, -0.2) is 61.0 Å². The number of rotatable bonds is 9. The van der Waals surface area contributed by atoms with E-state index in [1.807, 2.05) is 58.0 Å². The van der Waals surface area contributed by atoms with Crippen LogP contribution in [0.5, 0.6) is 0 Å². The summed E-state index contributed by atoms with van der Waals surface area (Å²) < 4.78 is 43.3. The standard InChI is InChI=1S/C26H38O8/c1-6-24(7-2)30-17-26(34-24)22(21-20(16-29-26)32-25(8-3,9-4)33-21)31-23(27)18(5)28-15-19-13-11-10-12-14-19/h10-14,18,20-22H,6-9,15-17H2,1-5H3/t18-,20-,21-,22+,26+/m1/s1. The highest BCUT2D eigenvalue weighted by Gasteiger charge is 2.66. The molecule has 3 aliphatic rings. The number of carbonyl (C=O) groups excluding carboxylic acids is 1. The zero-order valence-electron chi connectivity index (χ0n) is 20.9. The number of fused-ring (bicyclic) bond motifs is 1. The van der Waals surface area contributed by atoms with Gasteiger partial charge in [0, 0.05) is 0 Å². The van der Waals surface area contributed by atoms with Gasteiger partial charge >= 0.3 is 5.97 Å². The van der Waals surface area contributed by atoms with Crippen molar-refractivity contribution in [3.63, 3.8) is 0 Å². The molecule has 0 unspecified atom stereocenters. The number of benzene rings is 1. The van der Waals surface area contributed by atoms with Gasteiger partial charge in [0.15, 0.2) is 23.8 Å². The third-order valence-corrected chi connectivity index (χ3v) is 7.27. The summed E-state index contributed by atoms with van der Waals surface area (Å²) in [5, 5.41) is 0. The van der Waals surface area contributed by atoms with Crippen LogP contribution in [0.25, 0.3) is 0 Å². The summed E-state index contributed by atoms with van der Waals surface area (Å²) in [4.78, 5) is 13.2. The highest BCUT2D eigenvalue weighted by Crippen LogP contribution is 2.48. The Morgan fingerprint density at radius 2 is 1.68 bits per heavy atom. The van der Waals surface area contributed by atoms with E-state index in [2.05, 4.69) is 0 Å². The van der Waals surface area contributed by atoms with Gasteiger partial charge in [-0.15, -0.1) is 0 Å². The third kappa shape index (κ3) is 4.76. The van der Waals surface area contributed by atoms with Gasteiger partial charge in [-0.3, -0.25) is 0 Å². The number of carbonyl (C=O) groups is 1. The molecule has 34 heavy (non-hydrogen) atoms. The van der Waals surface area contributed by atoms with Crippen LogP contribution in [0.4, 0.5) is 0 Å². The number of hydrogen-bond acceptors (Lipinski definition) is 8. The van der Waals surface area contributed by atoms with Crippen LogP contribution >= 0.6 is 0 Å². The van der Waals surface area contributed by atoms with Crippen molar-refractivity contribution in [3.8, 4) is 0 Å². The van der Waals surface area contributed by atoms with Crippen LogP contribution in [-0.2, 0) is 44.6 Å². The maximum atomic E-state index is 13.2. The average Bonchev–Trinajstić information content (AvgIpc) is 3.45. The minimum Gasteiger partial charge on any atom is -0.452 e. The molecule has 0 amide bonds. The molecule has 3 saturated heterocycles. The first-order valence-corrected chi connectivity index (χ1v) is 12.5. The highest BCUT2D eigenvalue weighted by atomic mass is 16.9. The van der Waals surface area contributed by atoms with Gasteiger partial charge in [-0.2, -0.15) is 0 Å². The molecule has 4 rings (SSSR count). The fourth-order valence-corrected chi connectivity index (χ4v) is 4.88. The van der Waals surface area contributed by atoms with E-state index in [0.717, 1.165) is 5.56 Å². The van der Waals surface area contributed by atoms with Gasteiger partial charge in [0.2, 0.25) is 5.79 Å². The van der Waals surface area contributed by atoms with E-state index in [1.165, 1.54) is 0 Å². The molecule has 1 aromatic carbocycles. The van der Waals surface area contributed by atoms with Crippen LogP contribution in [0.3, 0.4) is 0 Å². The monoisotopic (exact) mass is 478 g/mol. The lowest BCUT2D eigenvalue weighted by molar-refractivity contribution is -0.335. The average molecular weight is 479 g/mol. The van der Waals surface area contributed by atoms with Crippen molar-refractivity contribution in [2.75, 3.05) is 13.2 Å². The van der Waals surface area contributed by atoms with E-state index in [4.69, 9.17) is 33.2 Å². The molecular formula is C26H38O8. The van der Waals surface area contributed by atoms with E-state index >= 15 is 0 Å². The molecule has 3 heterocycles. The van der Waals surface area contributed by atoms with Crippen LogP contribution in [0.15, 0.2) is 30.3 Å². The first-order valence-electron chi connectivity index (χ1n) is 12.5. The molecule has 0 saturated carbocycles. The van der Waals surface area contributed by atoms with E-state index in [0.29, 0.717) is 32.3 Å². The van der Waals surface area contributed by atoms with Crippen molar-refractivity contribution in [1.29, 1.82) is 0 Å². The normalized spacial score (nSPS) is 32.4. The van der Waals surface area contributed by atoms with Gasteiger partial charge in [0.05, 0.1) is 13.2 Å². The Hall–Kier alpha value is -1.55. The predicted octanol–water partition coefficient (Wildman–Crippen LogP) is 4.09. The summed E-state index contributed by atoms with van der Waals surface area (Å²) in [6.07, 6.45) is 0.0830. The third-order valence-electron chi connectivity index (χ3n) is 7.27. The maximum absolute atomic E-state index is 13.2. The molecule has 0 N–H and O–H groups in total. The molecular weight excluding hydrogens is 440 g/mol. The molecule has 1 aromatic rings. The quantitative estimate of drug-likeness (QED) is 0.491. The summed E-state index contributed by atoms with van der Waals surface area (Å²) in [5.74, 6) is -3.30. The number of hydrogen-bond donors (Lipinski definition) is 0. The molecule has 0 aliphatic carbocycles. The summed E-state index contributed by atoms with van der Waals surface area (Å²) in [7, 11) is 0. The molecule has 8 heteroatoms. The first kappa shape index (κ1) is 25.5. The molecule has 1 spiro atoms. The van der Waals surface area contributed by atoms with Crippen molar-refractivity contribution in [1.82, 2.24) is 0 Å². The molecule has 0 radical (unpaired) electrons. The summed E-state index contributed by atoms with van der Waals surface area (Å²) >= 11 is 0. The Morgan fingerprint density at radius 1 is 1.00 bits per heavy atom. The summed E-state index contributed by atoms with van der Waals surface area (Å²) in [6, 6.07) is 9.70. The Bertz CT molecular complexity index is 815. The predicted molar refractivity (Wildman–Crippen MR) is 123 cm³/mol. The van der Waals surface area contributed by atoms with Crippen LogP contribution in [0.1, 0.15) is 65.9 Å². The van der Waals surface area contributed by atoms with Gasteiger partial charge in [-0.05, 0) is 38.2 Å². The number of ether oxygens (including phenoxy) is 7. The Balaban J connectivity index is 1.53. The zero-order valence-corrected chi connectivity index (χ0v) is 20.9. The smallest absolute Gasteiger partial charge is 0.335 e. The molecule has 190 valence electrons. The Labute approximate surface area is 202 Å². The molecule has 3 fully saturated rings. The fourth-order valence-electron chi connectivity index (χ4n) is 4.88. The largest absolute Gasteiger partial charge is 0.452 e. The fraction of sp³-hybridized carbons (Fsp3) is 0.731. The molecule has 0 aromatic heterocycles. The van der Waals surface area contributed by atoms with Crippen molar-refractivity contribution >= 4 is 5.97 Å². The van der Waals surface area contributed by atoms with Gasteiger partial charge in [0.1, 0.15) is 18.8 Å². The van der Waals surface area contributed by atoms with Crippen LogP contribution in [0, 0.1) is 0 Å². The first-order chi connectivity index (χ1) is 16.3. The van der Waals surface area contributed by atoms with E-state index in [1.54, 1.807) is 6.92 Å². The number of esters is 1. The van der Waals surface area contributed by atoms with Gasteiger partial charge in [-0.25, -0.2) is 4.79 Å². The topological polar surface area (TPSA) is 81.7 Å². The van der Waals surface area contributed by atoms with Crippen molar-refractivity contribution in [2.45, 2.75) is 109 Å². The van der Waals surface area contributed by atoms with Crippen molar-refractivity contribution < 1.29 is 38.0 Å². The van der Waals surface area contributed by atoms with Crippen molar-refractivity contribution in [3.05, 3.63) is 35.9 Å². The lowest BCUT2D eigenvalue weighted by Crippen LogP contribution is -2.63. The SMILES string of the molecule is CCC1(CC)O[C@@H]2[C@@H](CO[C@]3(COC(CC)(CC)O3)[C@H]2OC(=O)[C@@H](C)OCc2ccccc2)O1. The Morgan fingerprint density at radius 3 is 2.29 bits per heavy atom. The zero-order chi connectivity index (χ0) is 24.4. The molecule has 8 nitrogen and oxygen atoms in total. The summed E-state index contributed by atoms with van der Waals surface area (Å²) in [5.41, 5.74) is 0.978. The van der Waals surface area contributed by atoms with Crippen LogP contribution < -0.4 is 0 Å². The second-order valence-electron chi connectivity index (χ2n) is 9.28. The van der Waals surface area contributed by atoms with E-state index < -0.39 is 41.6 Å². The lowest BCUT2D eigenvalue weighted by Gasteiger charge is -2.44. The molecule has 3 aliphatic heterocycles. The van der Waals surface area contributed by atoms with Gasteiger partial charge in [0.25, 0.3) is 0 Å². The van der Waals surface area contributed by atoms with E-state index in [-0.39, 0.29) is 19.3 Å². The minimum absolute atomic E-state index is 0.143. The van der Waals surface area contributed by atoms with Gasteiger partial charge < -0.3 is 33.2 Å². The van der Waals surface area contributed by atoms with Crippen molar-refractivity contribution in [2.24, 2.45) is 0 Å². The molecule has 0 bridgehead atoms. The second-order valence-corrected chi connectivity index (χ2v) is 9.28. The lowest BCUT2D eigenvalue weighted by atomic mass is 9.97. The maximum Gasteiger partial charge on any atom is 0.335 e. The molecule has 5 atom stereocenters. The Kier molecular flexibility index (Phi) is 7.67. The van der Waals surface area contributed by atoms with Gasteiger partial charge in [-0.1, -0.05) is 58.0 Å². The second kappa shape index (κ2) is 10.2.